The fourth-order valence-corrected chi connectivity index (χ4v) is 2.50. The molecular weight excluding hydrogens is 374 g/mol. The molecule has 0 aromatic heterocycles. The number of hydrogen-bond donors (Lipinski definition) is 2. The third kappa shape index (κ3) is 4.61. The van der Waals surface area contributed by atoms with E-state index in [4.69, 9.17) is 26.4 Å². The molecule has 142 valence electrons. The van der Waals surface area contributed by atoms with Crippen LogP contribution in [0.3, 0.4) is 0 Å². The Hall–Kier alpha value is -3.40. The number of nitrogens with zero attached hydrogens (tertiary/aromatic N) is 1. The van der Waals surface area contributed by atoms with E-state index in [1.165, 1.54) is 39.5 Å². The smallest absolute Gasteiger partial charge is 0.271 e. The predicted molar refractivity (Wildman–Crippen MR) is 103 cm³/mol. The van der Waals surface area contributed by atoms with Crippen LogP contribution >= 0.6 is 12.2 Å². The summed E-state index contributed by atoms with van der Waals surface area (Å²) in [4.78, 5) is 23.0. The Morgan fingerprint density at radius 2 is 1.63 bits per heavy atom. The van der Waals surface area contributed by atoms with E-state index in [0.717, 1.165) is 0 Å². The van der Waals surface area contributed by atoms with Crippen LogP contribution in [0.1, 0.15) is 10.4 Å². The number of anilines is 1. The molecule has 2 N–H and O–H groups in total. The van der Waals surface area contributed by atoms with Gasteiger partial charge >= 0.3 is 0 Å². The van der Waals surface area contributed by atoms with Crippen molar-refractivity contribution in [2.24, 2.45) is 0 Å². The van der Waals surface area contributed by atoms with Gasteiger partial charge in [0.15, 0.2) is 5.11 Å². The Bertz CT molecular complexity index is 865. The van der Waals surface area contributed by atoms with Crippen molar-refractivity contribution in [1.29, 1.82) is 0 Å². The fraction of sp³-hybridized carbons (Fsp3) is 0.176. The lowest BCUT2D eigenvalue weighted by Gasteiger charge is -2.15. The van der Waals surface area contributed by atoms with E-state index in [-0.39, 0.29) is 22.1 Å². The van der Waals surface area contributed by atoms with Crippen LogP contribution in [0.5, 0.6) is 17.2 Å². The number of hydrogen-bond acceptors (Lipinski definition) is 7. The number of ether oxygens (including phenoxy) is 3. The van der Waals surface area contributed by atoms with E-state index in [0.29, 0.717) is 17.2 Å². The van der Waals surface area contributed by atoms with E-state index in [2.05, 4.69) is 10.6 Å². The minimum atomic E-state index is -0.564. The van der Waals surface area contributed by atoms with Crippen molar-refractivity contribution >= 4 is 34.6 Å². The Morgan fingerprint density at radius 1 is 1.04 bits per heavy atom. The van der Waals surface area contributed by atoms with Gasteiger partial charge in [-0.1, -0.05) is 6.07 Å². The van der Waals surface area contributed by atoms with Crippen LogP contribution in [-0.2, 0) is 0 Å². The standard InChI is InChI=1S/C17H17N3O6S/c1-24-12-8-7-10(20(22)23)9-11(12)18-17(27)19-16(21)15-13(25-2)5-4-6-14(15)26-3/h4-9H,1-3H3,(H2,18,19,21,27). The first-order valence-corrected chi connectivity index (χ1v) is 7.97. The molecule has 0 unspecified atom stereocenters. The van der Waals surface area contributed by atoms with E-state index >= 15 is 0 Å². The van der Waals surface area contributed by atoms with Crippen LogP contribution in [0.2, 0.25) is 0 Å². The lowest BCUT2D eigenvalue weighted by atomic mass is 10.1. The number of benzene rings is 2. The van der Waals surface area contributed by atoms with Gasteiger partial charge in [0.2, 0.25) is 0 Å². The van der Waals surface area contributed by atoms with Gasteiger partial charge in [-0.3, -0.25) is 20.2 Å². The largest absolute Gasteiger partial charge is 0.496 e. The average Bonchev–Trinajstić information content (AvgIpc) is 2.66. The molecule has 2 aromatic rings. The maximum absolute atomic E-state index is 12.6. The van der Waals surface area contributed by atoms with Gasteiger partial charge in [-0.05, 0) is 30.4 Å². The van der Waals surface area contributed by atoms with Crippen molar-refractivity contribution < 1.29 is 23.9 Å². The van der Waals surface area contributed by atoms with Crippen LogP contribution < -0.4 is 24.8 Å². The van der Waals surface area contributed by atoms with Gasteiger partial charge in [0.25, 0.3) is 11.6 Å². The molecule has 9 nitrogen and oxygen atoms in total. The van der Waals surface area contributed by atoms with Crippen molar-refractivity contribution in [3.8, 4) is 17.2 Å². The monoisotopic (exact) mass is 391 g/mol. The first-order chi connectivity index (χ1) is 12.9. The van der Waals surface area contributed by atoms with Crippen molar-refractivity contribution in [3.05, 3.63) is 52.1 Å². The highest BCUT2D eigenvalue weighted by molar-refractivity contribution is 7.80. The SMILES string of the molecule is COc1ccc([N+](=O)[O-])cc1NC(=S)NC(=O)c1c(OC)cccc1OC. The Labute approximate surface area is 160 Å². The van der Waals surface area contributed by atoms with E-state index in [9.17, 15) is 14.9 Å². The van der Waals surface area contributed by atoms with E-state index < -0.39 is 10.8 Å². The summed E-state index contributed by atoms with van der Waals surface area (Å²) in [6, 6.07) is 8.87. The number of nitro benzene ring substituents is 1. The second-order valence-corrected chi connectivity index (χ2v) is 5.50. The summed E-state index contributed by atoms with van der Waals surface area (Å²) < 4.78 is 15.5. The van der Waals surface area contributed by atoms with Gasteiger partial charge in [-0.15, -0.1) is 0 Å². The number of non-ortho nitro benzene ring substituents is 1. The molecule has 0 aliphatic heterocycles. The molecule has 2 aromatic carbocycles. The highest BCUT2D eigenvalue weighted by atomic mass is 32.1. The molecule has 0 fully saturated rings. The Morgan fingerprint density at radius 3 is 2.15 bits per heavy atom. The molecule has 2 rings (SSSR count). The lowest BCUT2D eigenvalue weighted by Crippen LogP contribution is -2.34. The molecule has 0 bridgehead atoms. The highest BCUT2D eigenvalue weighted by Crippen LogP contribution is 2.30. The topological polar surface area (TPSA) is 112 Å². The molecule has 27 heavy (non-hydrogen) atoms. The zero-order valence-electron chi connectivity index (χ0n) is 14.8. The average molecular weight is 391 g/mol. The van der Waals surface area contributed by atoms with Crippen LogP contribution in [0.15, 0.2) is 36.4 Å². The number of methoxy groups -OCH3 is 3. The summed E-state index contributed by atoms with van der Waals surface area (Å²) in [5, 5.41) is 16.1. The van der Waals surface area contributed by atoms with E-state index in [1.807, 2.05) is 0 Å². The van der Waals surface area contributed by atoms with Gasteiger partial charge in [-0.2, -0.15) is 0 Å². The summed E-state index contributed by atoms with van der Waals surface area (Å²) >= 11 is 5.14. The molecule has 0 saturated heterocycles. The third-order valence-corrected chi connectivity index (χ3v) is 3.73. The maximum Gasteiger partial charge on any atom is 0.271 e. The van der Waals surface area contributed by atoms with Crippen LogP contribution in [0, 0.1) is 10.1 Å². The van der Waals surface area contributed by atoms with Crippen molar-refractivity contribution in [2.45, 2.75) is 0 Å². The predicted octanol–water partition coefficient (Wildman–Crippen LogP) is 2.75. The van der Waals surface area contributed by atoms with Crippen LogP contribution in [0.25, 0.3) is 0 Å². The first-order valence-electron chi connectivity index (χ1n) is 7.57. The maximum atomic E-state index is 12.6. The molecule has 0 spiro atoms. The summed E-state index contributed by atoms with van der Waals surface area (Å²) in [6.45, 7) is 0. The number of carbonyl (C=O) groups excluding carboxylic acids is 1. The number of rotatable bonds is 6. The fourth-order valence-electron chi connectivity index (χ4n) is 2.30. The normalized spacial score (nSPS) is 9.89. The minimum Gasteiger partial charge on any atom is -0.496 e. The molecule has 0 aliphatic carbocycles. The number of thiocarbonyl (C=S) groups is 1. The summed E-state index contributed by atoms with van der Waals surface area (Å²) in [5.74, 6) is 0.378. The molecule has 10 heteroatoms. The highest BCUT2D eigenvalue weighted by Gasteiger charge is 2.20. The summed E-state index contributed by atoms with van der Waals surface area (Å²) in [5.41, 5.74) is 0.250. The first kappa shape index (κ1) is 19.9. The zero-order chi connectivity index (χ0) is 20.0. The third-order valence-electron chi connectivity index (χ3n) is 3.52. The molecule has 0 saturated carbocycles. The molecule has 0 heterocycles. The summed E-state index contributed by atoms with van der Waals surface area (Å²) in [6.07, 6.45) is 0. The van der Waals surface area contributed by atoms with Gasteiger partial charge < -0.3 is 19.5 Å². The zero-order valence-corrected chi connectivity index (χ0v) is 15.6. The van der Waals surface area contributed by atoms with Crippen molar-refractivity contribution in [2.75, 3.05) is 26.6 Å². The summed E-state index contributed by atoms with van der Waals surface area (Å²) in [7, 11) is 4.26. The van der Waals surface area contributed by atoms with Gasteiger partial charge in [0, 0.05) is 12.1 Å². The quantitative estimate of drug-likeness (QED) is 0.439. The second-order valence-electron chi connectivity index (χ2n) is 5.09. The molecular formula is C17H17N3O6S. The number of nitrogens with one attached hydrogen (secondary N) is 2. The Balaban J connectivity index is 2.23. The molecule has 1 amide bonds. The van der Waals surface area contributed by atoms with Gasteiger partial charge in [-0.25, -0.2) is 0 Å². The Kier molecular flexibility index (Phi) is 6.50. The van der Waals surface area contributed by atoms with Gasteiger partial charge in [0.05, 0.1) is 31.9 Å². The van der Waals surface area contributed by atoms with Crippen LogP contribution in [0.4, 0.5) is 11.4 Å². The van der Waals surface area contributed by atoms with E-state index in [1.54, 1.807) is 18.2 Å². The second kappa shape index (κ2) is 8.81. The van der Waals surface area contributed by atoms with Gasteiger partial charge in [0.1, 0.15) is 22.8 Å². The number of amides is 1. The molecule has 0 atom stereocenters. The van der Waals surface area contributed by atoms with Crippen molar-refractivity contribution in [1.82, 2.24) is 5.32 Å². The molecule has 0 aliphatic rings. The van der Waals surface area contributed by atoms with Crippen LogP contribution in [-0.4, -0.2) is 37.3 Å². The minimum absolute atomic E-state index is 0.0771. The number of carbonyl (C=O) groups is 1. The van der Waals surface area contributed by atoms with Crippen molar-refractivity contribution in [3.63, 3.8) is 0 Å². The number of nitro groups is 1. The molecule has 0 radical (unpaired) electrons. The lowest BCUT2D eigenvalue weighted by molar-refractivity contribution is -0.384.